The number of aryl methyl sites for hydroxylation is 2. The molecule has 0 radical (unpaired) electrons. The summed E-state index contributed by atoms with van der Waals surface area (Å²) in [7, 11) is 0. The number of pyridine rings is 1. The van der Waals surface area contributed by atoms with Crippen LogP contribution in [0.15, 0.2) is 54.9 Å². The minimum Gasteiger partial charge on any atom is -0.488 e. The first kappa shape index (κ1) is 22.7. The summed E-state index contributed by atoms with van der Waals surface area (Å²) in [5.74, 6) is -0.603. The van der Waals surface area contributed by atoms with Gasteiger partial charge in [0.05, 0.1) is 0 Å². The Morgan fingerprint density at radius 2 is 1.82 bits per heavy atom. The Balaban J connectivity index is 1.36. The van der Waals surface area contributed by atoms with Crippen molar-refractivity contribution >= 4 is 5.91 Å². The molecular formula is C26H26F2N2O3. The number of carbonyl (C=O) groups is 1. The molecule has 1 aliphatic rings. The van der Waals surface area contributed by atoms with Crippen LogP contribution in [0.2, 0.25) is 0 Å². The van der Waals surface area contributed by atoms with Gasteiger partial charge in [-0.05, 0) is 55.3 Å². The van der Waals surface area contributed by atoms with Gasteiger partial charge < -0.3 is 14.4 Å². The molecule has 0 atom stereocenters. The van der Waals surface area contributed by atoms with Crippen LogP contribution in [0.5, 0.6) is 11.5 Å². The molecule has 1 amide bonds. The Labute approximate surface area is 192 Å². The maximum Gasteiger partial charge on any atom is 0.253 e. The van der Waals surface area contributed by atoms with E-state index in [1.54, 1.807) is 17.3 Å². The number of amides is 1. The van der Waals surface area contributed by atoms with Gasteiger partial charge in [0.25, 0.3) is 5.91 Å². The van der Waals surface area contributed by atoms with E-state index in [1.807, 2.05) is 38.1 Å². The number of hydrogen-bond acceptors (Lipinski definition) is 4. The average molecular weight is 453 g/mol. The van der Waals surface area contributed by atoms with E-state index in [-0.39, 0.29) is 17.8 Å². The van der Waals surface area contributed by atoms with Gasteiger partial charge in [-0.15, -0.1) is 0 Å². The zero-order valence-electron chi connectivity index (χ0n) is 18.7. The molecule has 2 heterocycles. The van der Waals surface area contributed by atoms with E-state index < -0.39 is 11.6 Å². The third-order valence-electron chi connectivity index (χ3n) is 5.73. The van der Waals surface area contributed by atoms with Gasteiger partial charge in [-0.25, -0.2) is 8.78 Å². The van der Waals surface area contributed by atoms with Crippen LogP contribution in [0.1, 0.15) is 39.9 Å². The van der Waals surface area contributed by atoms with Gasteiger partial charge in [0.1, 0.15) is 24.3 Å². The smallest absolute Gasteiger partial charge is 0.253 e. The van der Waals surface area contributed by atoms with E-state index in [9.17, 15) is 13.6 Å². The molecule has 4 rings (SSSR count). The number of ether oxygens (including phenoxy) is 2. The molecule has 1 saturated heterocycles. The molecule has 0 aliphatic carbocycles. The Hall–Kier alpha value is -3.48. The number of likely N-dealkylation sites (tertiary alicyclic amines) is 1. The van der Waals surface area contributed by atoms with Crippen molar-refractivity contribution < 1.29 is 23.0 Å². The number of rotatable bonds is 6. The molecule has 1 aliphatic heterocycles. The molecule has 172 valence electrons. The highest BCUT2D eigenvalue weighted by atomic mass is 19.1. The lowest BCUT2D eigenvalue weighted by molar-refractivity contribution is 0.0588. The van der Waals surface area contributed by atoms with Crippen molar-refractivity contribution in [3.05, 3.63) is 88.7 Å². The Morgan fingerprint density at radius 1 is 1.09 bits per heavy atom. The van der Waals surface area contributed by atoms with Crippen LogP contribution < -0.4 is 9.47 Å². The highest BCUT2D eigenvalue weighted by Gasteiger charge is 2.26. The second kappa shape index (κ2) is 9.98. The Morgan fingerprint density at radius 3 is 2.45 bits per heavy atom. The molecular weight excluding hydrogens is 426 g/mol. The fourth-order valence-corrected chi connectivity index (χ4v) is 4.05. The zero-order chi connectivity index (χ0) is 23.4. The van der Waals surface area contributed by atoms with Gasteiger partial charge in [0, 0.05) is 55.5 Å². The quantitative estimate of drug-likeness (QED) is 0.513. The van der Waals surface area contributed by atoms with Crippen LogP contribution in [-0.2, 0) is 6.61 Å². The van der Waals surface area contributed by atoms with Crippen LogP contribution in [0.4, 0.5) is 8.78 Å². The lowest BCUT2D eigenvalue weighted by Crippen LogP contribution is -2.41. The van der Waals surface area contributed by atoms with Gasteiger partial charge in [-0.2, -0.15) is 0 Å². The third kappa shape index (κ3) is 5.48. The van der Waals surface area contributed by atoms with E-state index in [0.717, 1.165) is 28.5 Å². The predicted octanol–water partition coefficient (Wildman–Crippen LogP) is 5.24. The molecule has 7 heteroatoms. The van der Waals surface area contributed by atoms with Crippen molar-refractivity contribution in [2.45, 2.75) is 39.4 Å². The van der Waals surface area contributed by atoms with Crippen molar-refractivity contribution in [1.29, 1.82) is 0 Å². The van der Waals surface area contributed by atoms with E-state index in [2.05, 4.69) is 4.98 Å². The zero-order valence-corrected chi connectivity index (χ0v) is 18.7. The van der Waals surface area contributed by atoms with Crippen molar-refractivity contribution in [2.75, 3.05) is 13.1 Å². The lowest BCUT2D eigenvalue weighted by atomic mass is 10.0. The van der Waals surface area contributed by atoms with Crippen molar-refractivity contribution in [2.24, 2.45) is 0 Å². The first-order valence-corrected chi connectivity index (χ1v) is 10.9. The van der Waals surface area contributed by atoms with E-state index >= 15 is 0 Å². The second-order valence-corrected chi connectivity index (χ2v) is 8.27. The number of piperidine rings is 1. The maximum absolute atomic E-state index is 13.8. The van der Waals surface area contributed by atoms with Gasteiger partial charge in [-0.1, -0.05) is 6.07 Å². The number of aromatic nitrogens is 1. The standard InChI is InChI=1S/C26H26F2N2O3/c1-17-12-20(13-18(2)25(17)32-16-19-4-3-9-29-15-19)26(31)30-10-7-22(8-11-30)33-24-6-5-21(27)14-23(24)28/h3-6,9,12-15,22H,7-8,10-11,16H2,1-2H3. The highest BCUT2D eigenvalue weighted by molar-refractivity contribution is 5.95. The van der Waals surface area contributed by atoms with E-state index in [1.165, 1.54) is 12.1 Å². The average Bonchev–Trinajstić information content (AvgIpc) is 2.81. The first-order chi connectivity index (χ1) is 15.9. The van der Waals surface area contributed by atoms with E-state index in [4.69, 9.17) is 9.47 Å². The highest BCUT2D eigenvalue weighted by Crippen LogP contribution is 2.28. The molecule has 0 bridgehead atoms. The largest absolute Gasteiger partial charge is 0.488 e. The SMILES string of the molecule is Cc1cc(C(=O)N2CCC(Oc3ccc(F)cc3F)CC2)cc(C)c1OCc1cccnc1. The fraction of sp³-hybridized carbons (Fsp3) is 0.308. The van der Waals surface area contributed by atoms with Gasteiger partial charge in [0.15, 0.2) is 11.6 Å². The molecule has 0 spiro atoms. The van der Waals surface area contributed by atoms with Crippen molar-refractivity contribution in [3.63, 3.8) is 0 Å². The van der Waals surface area contributed by atoms with Gasteiger partial charge in [0.2, 0.25) is 0 Å². The summed E-state index contributed by atoms with van der Waals surface area (Å²) in [5.41, 5.74) is 3.38. The summed E-state index contributed by atoms with van der Waals surface area (Å²) in [6.07, 6.45) is 4.41. The first-order valence-electron chi connectivity index (χ1n) is 10.9. The monoisotopic (exact) mass is 452 g/mol. The molecule has 2 aromatic carbocycles. The molecule has 3 aromatic rings. The normalized spacial score (nSPS) is 14.2. The summed E-state index contributed by atoms with van der Waals surface area (Å²) >= 11 is 0. The molecule has 0 saturated carbocycles. The summed E-state index contributed by atoms with van der Waals surface area (Å²) in [4.78, 5) is 19.0. The molecule has 0 N–H and O–H groups in total. The number of carbonyl (C=O) groups excluding carboxylic acids is 1. The lowest BCUT2D eigenvalue weighted by Gasteiger charge is -2.32. The van der Waals surface area contributed by atoms with Crippen molar-refractivity contribution in [3.8, 4) is 11.5 Å². The number of nitrogens with zero attached hydrogens (tertiary/aromatic N) is 2. The minimum absolute atomic E-state index is 0.0364. The number of benzene rings is 2. The number of hydrogen-bond donors (Lipinski definition) is 0. The molecule has 1 aromatic heterocycles. The summed E-state index contributed by atoms with van der Waals surface area (Å²) in [5, 5.41) is 0. The Kier molecular flexibility index (Phi) is 6.87. The van der Waals surface area contributed by atoms with Crippen LogP contribution >= 0.6 is 0 Å². The van der Waals surface area contributed by atoms with E-state index in [0.29, 0.717) is 38.1 Å². The summed E-state index contributed by atoms with van der Waals surface area (Å²) < 4.78 is 38.6. The molecule has 1 fully saturated rings. The number of halogens is 2. The maximum atomic E-state index is 13.8. The molecule has 0 unspecified atom stereocenters. The second-order valence-electron chi connectivity index (χ2n) is 8.27. The van der Waals surface area contributed by atoms with Crippen LogP contribution in [-0.4, -0.2) is 35.0 Å². The van der Waals surface area contributed by atoms with Crippen LogP contribution in [0.3, 0.4) is 0 Å². The summed E-state index contributed by atoms with van der Waals surface area (Å²) in [6, 6.07) is 10.8. The minimum atomic E-state index is -0.717. The topological polar surface area (TPSA) is 51.7 Å². The van der Waals surface area contributed by atoms with Crippen LogP contribution in [0.25, 0.3) is 0 Å². The predicted molar refractivity (Wildman–Crippen MR) is 120 cm³/mol. The van der Waals surface area contributed by atoms with Gasteiger partial charge >= 0.3 is 0 Å². The molecule has 5 nitrogen and oxygen atoms in total. The van der Waals surface area contributed by atoms with Gasteiger partial charge in [-0.3, -0.25) is 9.78 Å². The fourth-order valence-electron chi connectivity index (χ4n) is 4.05. The molecule has 33 heavy (non-hydrogen) atoms. The van der Waals surface area contributed by atoms with Crippen molar-refractivity contribution in [1.82, 2.24) is 9.88 Å². The van der Waals surface area contributed by atoms with Crippen LogP contribution in [0, 0.1) is 25.5 Å². The summed E-state index contributed by atoms with van der Waals surface area (Å²) in [6.45, 7) is 5.28. The third-order valence-corrected chi connectivity index (χ3v) is 5.73. The Bertz CT molecular complexity index is 1110.